The normalized spacial score (nSPS) is 16.8. The summed E-state index contributed by atoms with van der Waals surface area (Å²) in [4.78, 5) is 12.7. The molecular formula is C19H25ClFN5O3S2. The van der Waals surface area contributed by atoms with Crippen molar-refractivity contribution in [1.29, 1.82) is 0 Å². The largest absolute Gasteiger partial charge is 0.394 e. The van der Waals surface area contributed by atoms with Crippen LogP contribution in [0.1, 0.15) is 43.4 Å². The number of benzene rings is 1. The molecule has 0 aliphatic heterocycles. The second kappa shape index (κ2) is 10.3. The Kier molecular flexibility index (Phi) is 7.95. The number of anilines is 2. The molecule has 1 aliphatic carbocycles. The Bertz CT molecular complexity index is 1020. The van der Waals surface area contributed by atoms with Gasteiger partial charge in [-0.25, -0.2) is 12.8 Å². The number of nitrogens with zero attached hydrogens (tertiary/aromatic N) is 3. The molecular weight excluding hydrogens is 465 g/mol. The summed E-state index contributed by atoms with van der Waals surface area (Å²) in [6, 6.07) is 4.17. The Hall–Kier alpha value is -1.69. The van der Waals surface area contributed by atoms with E-state index >= 15 is 0 Å². The molecule has 1 fully saturated rings. The molecule has 12 heteroatoms. The van der Waals surface area contributed by atoms with E-state index in [1.165, 1.54) is 6.07 Å². The van der Waals surface area contributed by atoms with E-state index in [1.54, 1.807) is 19.1 Å². The first-order chi connectivity index (χ1) is 14.6. The molecule has 0 bridgehead atoms. The fourth-order valence-corrected chi connectivity index (χ4v) is 5.07. The minimum atomic E-state index is -3.62. The van der Waals surface area contributed by atoms with Gasteiger partial charge in [0.1, 0.15) is 5.82 Å². The topological polar surface area (TPSA) is 117 Å². The van der Waals surface area contributed by atoms with Crippen molar-refractivity contribution in [2.24, 2.45) is 5.92 Å². The average molecular weight is 490 g/mol. The molecule has 170 valence electrons. The summed E-state index contributed by atoms with van der Waals surface area (Å²) in [7, 11) is -3.62. The molecule has 1 aromatic heterocycles. The van der Waals surface area contributed by atoms with Gasteiger partial charge in [0.15, 0.2) is 5.16 Å². The Morgan fingerprint density at radius 2 is 1.94 bits per heavy atom. The summed E-state index contributed by atoms with van der Waals surface area (Å²) >= 11 is 6.98. The van der Waals surface area contributed by atoms with E-state index in [4.69, 9.17) is 11.6 Å². The van der Waals surface area contributed by atoms with Gasteiger partial charge in [-0.3, -0.25) is 4.72 Å². The summed E-state index contributed by atoms with van der Waals surface area (Å²) in [5.74, 6) is -0.157. The zero-order valence-electron chi connectivity index (χ0n) is 17.2. The Labute approximate surface area is 190 Å². The second-order valence-corrected chi connectivity index (χ2v) is 11.0. The van der Waals surface area contributed by atoms with Crippen molar-refractivity contribution in [2.45, 2.75) is 49.1 Å². The van der Waals surface area contributed by atoms with E-state index in [9.17, 15) is 17.9 Å². The van der Waals surface area contributed by atoms with Crippen molar-refractivity contribution < 1.29 is 17.9 Å². The maximum atomic E-state index is 14.3. The lowest BCUT2D eigenvalue weighted by Gasteiger charge is -2.23. The van der Waals surface area contributed by atoms with Crippen molar-refractivity contribution in [3.8, 4) is 0 Å². The van der Waals surface area contributed by atoms with E-state index in [1.807, 2.05) is 0 Å². The third-order valence-electron chi connectivity index (χ3n) is 5.05. The SMILES string of the molecule is CC(Sc1nc(N[C@@H](CO)C2CCCC2)nc(NS(C)(=O)=O)n1)c1ccc(Cl)cc1F. The molecule has 1 unspecified atom stereocenters. The molecule has 1 saturated carbocycles. The van der Waals surface area contributed by atoms with Gasteiger partial charge in [-0.05, 0) is 37.8 Å². The van der Waals surface area contributed by atoms with Crippen LogP contribution in [0.4, 0.5) is 16.3 Å². The van der Waals surface area contributed by atoms with Crippen LogP contribution in [-0.2, 0) is 10.0 Å². The smallest absolute Gasteiger partial charge is 0.242 e. The van der Waals surface area contributed by atoms with Crippen molar-refractivity contribution in [1.82, 2.24) is 15.0 Å². The number of thioether (sulfide) groups is 1. The first kappa shape index (κ1) is 24.0. The zero-order chi connectivity index (χ0) is 22.6. The molecule has 1 aromatic carbocycles. The van der Waals surface area contributed by atoms with Gasteiger partial charge in [-0.2, -0.15) is 15.0 Å². The van der Waals surface area contributed by atoms with Crippen LogP contribution in [0.5, 0.6) is 0 Å². The second-order valence-electron chi connectivity index (χ2n) is 7.54. The van der Waals surface area contributed by atoms with Gasteiger partial charge in [0, 0.05) is 15.8 Å². The molecule has 2 aromatic rings. The molecule has 3 rings (SSSR count). The lowest BCUT2D eigenvalue weighted by molar-refractivity contribution is 0.238. The molecule has 0 amide bonds. The van der Waals surface area contributed by atoms with Crippen molar-refractivity contribution >= 4 is 45.3 Å². The number of sulfonamides is 1. The molecule has 1 aliphatic rings. The van der Waals surface area contributed by atoms with Crippen LogP contribution < -0.4 is 10.0 Å². The number of aliphatic hydroxyl groups excluding tert-OH is 1. The van der Waals surface area contributed by atoms with Crippen molar-refractivity contribution in [3.63, 3.8) is 0 Å². The Morgan fingerprint density at radius 1 is 1.26 bits per heavy atom. The molecule has 0 radical (unpaired) electrons. The first-order valence-corrected chi connectivity index (χ1v) is 13.0. The van der Waals surface area contributed by atoms with E-state index in [0.29, 0.717) is 10.6 Å². The van der Waals surface area contributed by atoms with Gasteiger partial charge >= 0.3 is 0 Å². The Morgan fingerprint density at radius 3 is 2.55 bits per heavy atom. The average Bonchev–Trinajstić information content (AvgIpc) is 3.19. The van der Waals surface area contributed by atoms with Gasteiger partial charge in [0.2, 0.25) is 21.9 Å². The summed E-state index contributed by atoms with van der Waals surface area (Å²) in [5, 5.41) is 13.1. The minimum Gasteiger partial charge on any atom is -0.394 e. The third kappa shape index (κ3) is 6.90. The maximum absolute atomic E-state index is 14.3. The number of nitrogens with one attached hydrogen (secondary N) is 2. The first-order valence-electron chi connectivity index (χ1n) is 9.87. The van der Waals surface area contributed by atoms with Gasteiger partial charge in [0.05, 0.1) is 18.9 Å². The predicted octanol–water partition coefficient (Wildman–Crippen LogP) is 3.85. The highest BCUT2D eigenvalue weighted by atomic mass is 35.5. The lowest BCUT2D eigenvalue weighted by atomic mass is 9.99. The standard InChI is InChI=1S/C19H25ClFN5O3S2/c1-11(14-8-7-13(20)9-15(14)21)30-19-24-17(23-18(25-19)26-31(2,28)29)22-16(10-27)12-5-3-4-6-12/h7-9,11-12,16,27H,3-6,10H2,1-2H3,(H2,22,23,24,25,26)/t11?,16-/m0/s1. The van der Waals surface area contributed by atoms with Crippen LogP contribution in [0.15, 0.2) is 23.4 Å². The number of aromatic nitrogens is 3. The van der Waals surface area contributed by atoms with Gasteiger partial charge in [0.25, 0.3) is 0 Å². The quantitative estimate of drug-likeness (QED) is 0.454. The van der Waals surface area contributed by atoms with Crippen molar-refractivity contribution in [3.05, 3.63) is 34.6 Å². The van der Waals surface area contributed by atoms with Crippen molar-refractivity contribution in [2.75, 3.05) is 22.9 Å². The number of rotatable bonds is 9. The zero-order valence-corrected chi connectivity index (χ0v) is 19.6. The molecule has 31 heavy (non-hydrogen) atoms. The van der Waals surface area contributed by atoms with Crippen LogP contribution in [0.25, 0.3) is 0 Å². The van der Waals surface area contributed by atoms with Gasteiger partial charge < -0.3 is 10.4 Å². The highest BCUT2D eigenvalue weighted by Gasteiger charge is 2.26. The molecule has 2 atom stereocenters. The summed E-state index contributed by atoms with van der Waals surface area (Å²) in [5.41, 5.74) is 0.418. The fourth-order valence-electron chi connectivity index (χ4n) is 3.58. The Balaban J connectivity index is 1.87. The van der Waals surface area contributed by atoms with Crippen LogP contribution in [0.3, 0.4) is 0 Å². The number of hydrogen-bond donors (Lipinski definition) is 3. The molecule has 8 nitrogen and oxygen atoms in total. The van der Waals surface area contributed by atoms with Crippen LogP contribution in [0, 0.1) is 11.7 Å². The third-order valence-corrected chi connectivity index (χ3v) is 6.84. The number of aliphatic hydroxyl groups is 1. The van der Waals surface area contributed by atoms with Crippen LogP contribution in [-0.4, -0.2) is 47.4 Å². The molecule has 1 heterocycles. The van der Waals surface area contributed by atoms with E-state index in [-0.39, 0.29) is 40.9 Å². The fraction of sp³-hybridized carbons (Fsp3) is 0.526. The molecule has 0 saturated heterocycles. The number of hydrogen-bond acceptors (Lipinski definition) is 8. The highest BCUT2D eigenvalue weighted by Crippen LogP contribution is 2.36. The maximum Gasteiger partial charge on any atom is 0.242 e. The minimum absolute atomic E-state index is 0.0972. The van der Waals surface area contributed by atoms with E-state index in [0.717, 1.165) is 43.7 Å². The van der Waals surface area contributed by atoms with E-state index in [2.05, 4.69) is 25.0 Å². The summed E-state index contributed by atoms with van der Waals surface area (Å²) < 4.78 is 39.9. The predicted molar refractivity (Wildman–Crippen MR) is 120 cm³/mol. The van der Waals surface area contributed by atoms with Gasteiger partial charge in [-0.15, -0.1) is 0 Å². The monoisotopic (exact) mass is 489 g/mol. The molecule has 3 N–H and O–H groups in total. The lowest BCUT2D eigenvalue weighted by Crippen LogP contribution is -2.32. The van der Waals surface area contributed by atoms with E-state index < -0.39 is 15.8 Å². The van der Waals surface area contributed by atoms with Crippen LogP contribution in [0.2, 0.25) is 5.02 Å². The molecule has 0 spiro atoms. The number of halogens is 2. The highest BCUT2D eigenvalue weighted by molar-refractivity contribution is 7.99. The summed E-state index contributed by atoms with van der Waals surface area (Å²) in [6.45, 7) is 1.69. The van der Waals surface area contributed by atoms with Crippen LogP contribution >= 0.6 is 23.4 Å². The summed E-state index contributed by atoms with van der Waals surface area (Å²) in [6.07, 6.45) is 5.19. The van der Waals surface area contributed by atoms with Gasteiger partial charge in [-0.1, -0.05) is 42.3 Å².